The van der Waals surface area contributed by atoms with E-state index in [2.05, 4.69) is 38.8 Å². The van der Waals surface area contributed by atoms with Crippen molar-refractivity contribution in [1.82, 2.24) is 15.3 Å². The van der Waals surface area contributed by atoms with Gasteiger partial charge in [0.25, 0.3) is 5.91 Å². The number of hydrogen-bond acceptors (Lipinski definition) is 3. The van der Waals surface area contributed by atoms with Crippen LogP contribution in [0.4, 0.5) is 5.82 Å². The smallest absolute Gasteiger partial charge is 0.251 e. The van der Waals surface area contributed by atoms with Gasteiger partial charge in [0.2, 0.25) is 0 Å². The van der Waals surface area contributed by atoms with Gasteiger partial charge in [0.1, 0.15) is 5.82 Å². The van der Waals surface area contributed by atoms with Crippen molar-refractivity contribution in [3.8, 4) is 0 Å². The zero-order valence-electron chi connectivity index (χ0n) is 16.7. The van der Waals surface area contributed by atoms with Crippen molar-refractivity contribution < 1.29 is 4.79 Å². The standard InChI is InChI=1S/C24H28N4O/c29-24(27-15-12-20-17-28-22-9-5-4-8-21(20)22)19-11-14-26-23(16-19)25-13-10-18-6-2-1-3-7-18/h4-6,8-9,11,14,16-17,28H,1-3,7,10,12-13,15H2,(H,25,26)(H,27,29). The van der Waals surface area contributed by atoms with Crippen LogP contribution in [-0.2, 0) is 6.42 Å². The Morgan fingerprint density at radius 1 is 1.10 bits per heavy atom. The summed E-state index contributed by atoms with van der Waals surface area (Å²) in [4.78, 5) is 20.1. The Kier molecular flexibility index (Phi) is 6.25. The first kappa shape index (κ1) is 19.2. The third-order valence-corrected chi connectivity index (χ3v) is 5.51. The van der Waals surface area contributed by atoms with E-state index < -0.39 is 0 Å². The number of nitrogens with one attached hydrogen (secondary N) is 3. The first-order chi connectivity index (χ1) is 14.3. The lowest BCUT2D eigenvalue weighted by molar-refractivity contribution is 0.0954. The van der Waals surface area contributed by atoms with Gasteiger partial charge < -0.3 is 15.6 Å². The van der Waals surface area contributed by atoms with E-state index in [0.29, 0.717) is 12.1 Å². The van der Waals surface area contributed by atoms with Gasteiger partial charge >= 0.3 is 0 Å². The fourth-order valence-electron chi connectivity index (χ4n) is 3.90. The number of anilines is 1. The van der Waals surface area contributed by atoms with Gasteiger partial charge in [-0.2, -0.15) is 0 Å². The molecule has 2 heterocycles. The fraction of sp³-hybridized carbons (Fsp3) is 0.333. The number of nitrogens with zero attached hydrogens (tertiary/aromatic N) is 1. The SMILES string of the molecule is O=C(NCCc1c[nH]c2ccccc12)c1ccnc(NCCC2=CCCCC2)c1. The molecule has 3 N–H and O–H groups in total. The van der Waals surface area contributed by atoms with Crippen LogP contribution in [0, 0.1) is 0 Å². The van der Waals surface area contributed by atoms with E-state index in [1.165, 1.54) is 42.2 Å². The average molecular weight is 389 g/mol. The van der Waals surface area contributed by atoms with Gasteiger partial charge in [0.05, 0.1) is 0 Å². The van der Waals surface area contributed by atoms with Gasteiger partial charge in [-0.25, -0.2) is 4.98 Å². The summed E-state index contributed by atoms with van der Waals surface area (Å²) >= 11 is 0. The number of benzene rings is 1. The van der Waals surface area contributed by atoms with E-state index in [0.717, 1.165) is 30.7 Å². The van der Waals surface area contributed by atoms with Crippen LogP contribution in [-0.4, -0.2) is 29.0 Å². The molecule has 0 radical (unpaired) electrons. The van der Waals surface area contributed by atoms with E-state index in [4.69, 9.17) is 0 Å². The quantitative estimate of drug-likeness (QED) is 0.484. The van der Waals surface area contributed by atoms with E-state index in [9.17, 15) is 4.79 Å². The number of carbonyl (C=O) groups is 1. The summed E-state index contributed by atoms with van der Waals surface area (Å²) in [7, 11) is 0. The first-order valence-corrected chi connectivity index (χ1v) is 10.5. The predicted molar refractivity (Wildman–Crippen MR) is 118 cm³/mol. The number of rotatable bonds is 8. The zero-order valence-corrected chi connectivity index (χ0v) is 16.7. The number of H-pyrrole nitrogens is 1. The lowest BCUT2D eigenvalue weighted by atomic mass is 9.97. The first-order valence-electron chi connectivity index (χ1n) is 10.5. The number of allylic oxidation sites excluding steroid dienone is 1. The Bertz CT molecular complexity index is 1000. The van der Waals surface area contributed by atoms with E-state index >= 15 is 0 Å². The van der Waals surface area contributed by atoms with Crippen LogP contribution in [0.25, 0.3) is 10.9 Å². The molecule has 3 aromatic rings. The molecule has 1 amide bonds. The highest BCUT2D eigenvalue weighted by molar-refractivity contribution is 5.94. The Hall–Kier alpha value is -3.08. The molecule has 0 atom stereocenters. The van der Waals surface area contributed by atoms with Crippen LogP contribution >= 0.6 is 0 Å². The molecular formula is C24H28N4O. The third kappa shape index (κ3) is 5.05. The van der Waals surface area contributed by atoms with Gasteiger partial charge in [-0.15, -0.1) is 0 Å². The monoisotopic (exact) mass is 388 g/mol. The molecule has 1 aliphatic rings. The molecule has 0 saturated heterocycles. The van der Waals surface area contributed by atoms with Crippen LogP contribution in [0.2, 0.25) is 0 Å². The Labute approximate surface area is 171 Å². The molecule has 0 spiro atoms. The van der Waals surface area contributed by atoms with Crippen LogP contribution in [0.15, 0.2) is 60.4 Å². The molecule has 0 unspecified atom stereocenters. The molecule has 2 aromatic heterocycles. The zero-order chi connectivity index (χ0) is 19.9. The summed E-state index contributed by atoms with van der Waals surface area (Å²) in [6.07, 6.45) is 13.0. The number of para-hydroxylation sites is 1. The Balaban J connectivity index is 1.27. The van der Waals surface area contributed by atoms with Crippen molar-refractivity contribution in [2.75, 3.05) is 18.4 Å². The number of carbonyl (C=O) groups excluding carboxylic acids is 1. The number of amides is 1. The highest BCUT2D eigenvalue weighted by Gasteiger charge is 2.09. The number of fused-ring (bicyclic) bond motifs is 1. The maximum absolute atomic E-state index is 12.5. The van der Waals surface area contributed by atoms with Crippen molar-refractivity contribution in [2.45, 2.75) is 38.5 Å². The molecule has 4 rings (SSSR count). The minimum absolute atomic E-state index is 0.0646. The minimum Gasteiger partial charge on any atom is -0.370 e. The third-order valence-electron chi connectivity index (χ3n) is 5.51. The summed E-state index contributed by atoms with van der Waals surface area (Å²) in [5.74, 6) is 0.691. The molecule has 29 heavy (non-hydrogen) atoms. The number of aromatic nitrogens is 2. The summed E-state index contributed by atoms with van der Waals surface area (Å²) in [6, 6.07) is 11.8. The van der Waals surface area contributed by atoms with Gasteiger partial charge in [-0.3, -0.25) is 4.79 Å². The minimum atomic E-state index is -0.0646. The van der Waals surface area contributed by atoms with E-state index in [1.54, 1.807) is 12.3 Å². The van der Waals surface area contributed by atoms with Crippen LogP contribution in [0.3, 0.4) is 0 Å². The molecule has 1 aromatic carbocycles. The molecule has 5 nitrogen and oxygen atoms in total. The molecule has 150 valence electrons. The van der Waals surface area contributed by atoms with Crippen molar-refractivity contribution >= 4 is 22.6 Å². The van der Waals surface area contributed by atoms with Crippen molar-refractivity contribution in [1.29, 1.82) is 0 Å². The van der Waals surface area contributed by atoms with Crippen molar-refractivity contribution in [3.63, 3.8) is 0 Å². The topological polar surface area (TPSA) is 69.8 Å². The Morgan fingerprint density at radius 3 is 2.93 bits per heavy atom. The summed E-state index contributed by atoms with van der Waals surface area (Å²) in [5.41, 5.74) is 4.52. The normalized spacial score (nSPS) is 13.9. The predicted octanol–water partition coefficient (Wildman–Crippen LogP) is 4.84. The summed E-state index contributed by atoms with van der Waals surface area (Å²) in [6.45, 7) is 1.45. The van der Waals surface area contributed by atoms with Crippen LogP contribution in [0.1, 0.15) is 48.0 Å². The number of aromatic amines is 1. The van der Waals surface area contributed by atoms with E-state index in [-0.39, 0.29) is 5.91 Å². The molecule has 0 saturated carbocycles. The summed E-state index contributed by atoms with van der Waals surface area (Å²) < 4.78 is 0. The maximum Gasteiger partial charge on any atom is 0.251 e. The highest BCUT2D eigenvalue weighted by atomic mass is 16.1. The summed E-state index contributed by atoms with van der Waals surface area (Å²) in [5, 5.41) is 7.58. The molecule has 5 heteroatoms. The lowest BCUT2D eigenvalue weighted by Crippen LogP contribution is -2.25. The van der Waals surface area contributed by atoms with Gasteiger partial charge in [0.15, 0.2) is 0 Å². The largest absolute Gasteiger partial charge is 0.370 e. The second kappa shape index (κ2) is 9.41. The molecule has 0 fully saturated rings. The molecular weight excluding hydrogens is 360 g/mol. The fourth-order valence-corrected chi connectivity index (χ4v) is 3.90. The van der Waals surface area contributed by atoms with Crippen LogP contribution in [0.5, 0.6) is 0 Å². The van der Waals surface area contributed by atoms with Gasteiger partial charge in [0, 0.05) is 41.9 Å². The maximum atomic E-state index is 12.5. The number of pyridine rings is 1. The highest BCUT2D eigenvalue weighted by Crippen LogP contribution is 2.20. The van der Waals surface area contributed by atoms with Crippen molar-refractivity contribution in [2.24, 2.45) is 0 Å². The second-order valence-corrected chi connectivity index (χ2v) is 7.58. The van der Waals surface area contributed by atoms with E-state index in [1.807, 2.05) is 24.4 Å². The molecule has 0 bridgehead atoms. The molecule has 1 aliphatic carbocycles. The Morgan fingerprint density at radius 2 is 2.03 bits per heavy atom. The second-order valence-electron chi connectivity index (χ2n) is 7.58. The number of hydrogen-bond donors (Lipinski definition) is 3. The lowest BCUT2D eigenvalue weighted by Gasteiger charge is -2.13. The van der Waals surface area contributed by atoms with Gasteiger partial charge in [-0.05, 0) is 62.3 Å². The molecule has 0 aliphatic heterocycles. The van der Waals surface area contributed by atoms with Gasteiger partial charge in [-0.1, -0.05) is 29.8 Å². The van der Waals surface area contributed by atoms with Crippen molar-refractivity contribution in [3.05, 3.63) is 71.6 Å². The average Bonchev–Trinajstić information content (AvgIpc) is 3.18. The van der Waals surface area contributed by atoms with Crippen LogP contribution < -0.4 is 10.6 Å².